The Labute approximate surface area is 89.3 Å². The maximum atomic E-state index is 11.0. The van der Waals surface area contributed by atoms with Gasteiger partial charge in [-0.2, -0.15) is 0 Å². The summed E-state index contributed by atoms with van der Waals surface area (Å²) in [4.78, 5) is 28.7. The summed E-state index contributed by atoms with van der Waals surface area (Å²) in [5.41, 5.74) is 0.213. The van der Waals surface area contributed by atoms with E-state index in [0.29, 0.717) is 6.42 Å². The third kappa shape index (κ3) is 5.85. The van der Waals surface area contributed by atoms with Crippen LogP contribution in [-0.4, -0.2) is 28.0 Å². The fourth-order valence-electron chi connectivity index (χ4n) is 0.894. The highest BCUT2D eigenvalue weighted by molar-refractivity contribution is 7.52. The van der Waals surface area contributed by atoms with Crippen LogP contribution in [0.4, 0.5) is 0 Å². The Morgan fingerprint density at radius 3 is 2.40 bits per heavy atom. The van der Waals surface area contributed by atoms with E-state index in [-0.39, 0.29) is 24.4 Å². The van der Waals surface area contributed by atoms with Gasteiger partial charge < -0.3 is 14.5 Å². The highest BCUT2D eigenvalue weighted by Gasteiger charge is 2.28. The summed E-state index contributed by atoms with van der Waals surface area (Å²) in [5.74, 6) is -1.38. The number of ether oxygens (including phenoxy) is 1. The molecule has 5 nitrogen and oxygen atoms in total. The first kappa shape index (κ1) is 14.5. The molecule has 0 aromatic heterocycles. The van der Waals surface area contributed by atoms with Crippen LogP contribution in [0.25, 0.3) is 0 Å². The SMILES string of the molecule is C=C(COC(CCC)P(=O)(O)O)C(C)=O. The molecule has 0 spiro atoms. The zero-order valence-corrected chi connectivity index (χ0v) is 9.87. The van der Waals surface area contributed by atoms with E-state index < -0.39 is 13.4 Å². The van der Waals surface area contributed by atoms with Crippen LogP contribution < -0.4 is 0 Å². The Hall–Kier alpha value is -0.480. The zero-order chi connectivity index (χ0) is 12.1. The summed E-state index contributed by atoms with van der Waals surface area (Å²) >= 11 is 0. The molecular formula is C9H17O5P. The third-order valence-electron chi connectivity index (χ3n) is 1.86. The van der Waals surface area contributed by atoms with Gasteiger partial charge in [0, 0.05) is 5.57 Å². The second-order valence-electron chi connectivity index (χ2n) is 3.30. The van der Waals surface area contributed by atoms with Crippen LogP contribution in [-0.2, 0) is 14.1 Å². The molecule has 6 heteroatoms. The zero-order valence-electron chi connectivity index (χ0n) is 8.97. The number of hydrogen-bond donors (Lipinski definition) is 2. The smallest absolute Gasteiger partial charge is 0.354 e. The number of Topliss-reactive ketones (excluding diaryl/α,β-unsaturated/α-hetero) is 1. The van der Waals surface area contributed by atoms with Crippen LogP contribution in [0.15, 0.2) is 12.2 Å². The number of carbonyl (C=O) groups is 1. The molecule has 88 valence electrons. The highest BCUT2D eigenvalue weighted by atomic mass is 31.2. The Kier molecular flexibility index (Phi) is 5.98. The lowest BCUT2D eigenvalue weighted by atomic mass is 10.2. The molecule has 15 heavy (non-hydrogen) atoms. The summed E-state index contributed by atoms with van der Waals surface area (Å²) in [6, 6.07) is 0. The fraction of sp³-hybridized carbons (Fsp3) is 0.667. The van der Waals surface area contributed by atoms with Crippen LogP contribution in [0.3, 0.4) is 0 Å². The molecule has 0 bridgehead atoms. The lowest BCUT2D eigenvalue weighted by Crippen LogP contribution is -2.16. The minimum Gasteiger partial charge on any atom is -0.361 e. The van der Waals surface area contributed by atoms with Crippen molar-refractivity contribution in [3.8, 4) is 0 Å². The Morgan fingerprint density at radius 2 is 2.07 bits per heavy atom. The summed E-state index contributed by atoms with van der Waals surface area (Å²) in [6.07, 6.45) is 0.859. The van der Waals surface area contributed by atoms with Gasteiger partial charge in [0.25, 0.3) is 0 Å². The van der Waals surface area contributed by atoms with Crippen LogP contribution in [0.2, 0.25) is 0 Å². The summed E-state index contributed by atoms with van der Waals surface area (Å²) in [5, 5.41) is 0. The van der Waals surface area contributed by atoms with E-state index in [9.17, 15) is 9.36 Å². The minimum atomic E-state index is -4.25. The van der Waals surface area contributed by atoms with Gasteiger partial charge in [-0.15, -0.1) is 0 Å². The van der Waals surface area contributed by atoms with E-state index in [1.54, 1.807) is 6.92 Å². The van der Waals surface area contributed by atoms with Gasteiger partial charge in [0.15, 0.2) is 11.6 Å². The molecule has 0 heterocycles. The fourth-order valence-corrected chi connectivity index (χ4v) is 1.76. The average Bonchev–Trinajstić information content (AvgIpc) is 2.09. The summed E-state index contributed by atoms with van der Waals surface area (Å²) < 4.78 is 15.9. The van der Waals surface area contributed by atoms with Crippen molar-refractivity contribution in [3.05, 3.63) is 12.2 Å². The topological polar surface area (TPSA) is 83.8 Å². The normalized spacial score (nSPS) is 13.6. The van der Waals surface area contributed by atoms with Crippen molar-refractivity contribution in [2.75, 3.05) is 6.61 Å². The molecule has 0 rings (SSSR count). The van der Waals surface area contributed by atoms with E-state index in [2.05, 4.69) is 6.58 Å². The van der Waals surface area contributed by atoms with Gasteiger partial charge in [-0.1, -0.05) is 19.9 Å². The van der Waals surface area contributed by atoms with Crippen LogP contribution in [0, 0.1) is 0 Å². The van der Waals surface area contributed by atoms with Gasteiger partial charge in [-0.25, -0.2) is 0 Å². The first-order valence-electron chi connectivity index (χ1n) is 4.64. The van der Waals surface area contributed by atoms with E-state index >= 15 is 0 Å². The maximum Gasteiger partial charge on any atom is 0.354 e. The highest BCUT2D eigenvalue weighted by Crippen LogP contribution is 2.44. The van der Waals surface area contributed by atoms with Crippen molar-refractivity contribution < 1.29 is 23.9 Å². The summed E-state index contributed by atoms with van der Waals surface area (Å²) in [7, 11) is -4.25. The van der Waals surface area contributed by atoms with Gasteiger partial charge in [-0.3, -0.25) is 9.36 Å². The molecular weight excluding hydrogens is 219 g/mol. The Morgan fingerprint density at radius 1 is 1.53 bits per heavy atom. The monoisotopic (exact) mass is 236 g/mol. The molecule has 1 atom stereocenters. The average molecular weight is 236 g/mol. The molecule has 0 amide bonds. The molecule has 1 unspecified atom stereocenters. The van der Waals surface area contributed by atoms with Crippen LogP contribution >= 0.6 is 7.60 Å². The second-order valence-corrected chi connectivity index (χ2v) is 5.06. The van der Waals surface area contributed by atoms with Crippen molar-refractivity contribution in [1.29, 1.82) is 0 Å². The predicted molar refractivity (Wildman–Crippen MR) is 56.5 cm³/mol. The second kappa shape index (κ2) is 6.18. The third-order valence-corrected chi connectivity index (χ3v) is 3.02. The molecule has 0 fully saturated rings. The molecule has 0 saturated carbocycles. The number of rotatable bonds is 7. The van der Waals surface area contributed by atoms with Crippen molar-refractivity contribution >= 4 is 13.4 Å². The van der Waals surface area contributed by atoms with Crippen LogP contribution in [0.1, 0.15) is 26.7 Å². The maximum absolute atomic E-state index is 11.0. The Balaban J connectivity index is 4.26. The first-order chi connectivity index (χ1) is 6.79. The van der Waals surface area contributed by atoms with Crippen molar-refractivity contribution in [1.82, 2.24) is 0 Å². The molecule has 0 aromatic carbocycles. The van der Waals surface area contributed by atoms with Crippen LogP contribution in [0.5, 0.6) is 0 Å². The standard InChI is InChI=1S/C9H17O5P/c1-4-5-9(15(11,12)13)14-6-7(2)8(3)10/h9H,2,4-6H2,1,3H3,(H2,11,12,13). The predicted octanol–water partition coefficient (Wildman–Crippen LogP) is 1.45. The molecule has 0 radical (unpaired) electrons. The van der Waals surface area contributed by atoms with E-state index in [4.69, 9.17) is 14.5 Å². The lowest BCUT2D eigenvalue weighted by molar-refractivity contribution is -0.114. The largest absolute Gasteiger partial charge is 0.361 e. The molecule has 0 aromatic rings. The minimum absolute atomic E-state index is 0.134. The van der Waals surface area contributed by atoms with Gasteiger partial charge in [0.2, 0.25) is 0 Å². The van der Waals surface area contributed by atoms with Crippen molar-refractivity contribution in [3.63, 3.8) is 0 Å². The lowest BCUT2D eigenvalue weighted by Gasteiger charge is -2.18. The van der Waals surface area contributed by atoms with E-state index in [1.807, 2.05) is 0 Å². The molecule has 0 aliphatic carbocycles. The van der Waals surface area contributed by atoms with E-state index in [1.165, 1.54) is 6.92 Å². The van der Waals surface area contributed by atoms with Gasteiger partial charge in [0.1, 0.15) is 0 Å². The first-order valence-corrected chi connectivity index (χ1v) is 6.32. The van der Waals surface area contributed by atoms with Gasteiger partial charge in [0.05, 0.1) is 6.61 Å². The summed E-state index contributed by atoms with van der Waals surface area (Å²) in [6.45, 7) is 6.44. The number of carbonyl (C=O) groups excluding carboxylic acids is 1. The number of hydrogen-bond acceptors (Lipinski definition) is 3. The molecule has 0 aliphatic rings. The van der Waals surface area contributed by atoms with Crippen molar-refractivity contribution in [2.24, 2.45) is 0 Å². The Bertz CT molecular complexity index is 280. The van der Waals surface area contributed by atoms with E-state index in [0.717, 1.165) is 0 Å². The van der Waals surface area contributed by atoms with Crippen molar-refractivity contribution in [2.45, 2.75) is 32.5 Å². The van der Waals surface area contributed by atoms with Gasteiger partial charge >= 0.3 is 7.60 Å². The quantitative estimate of drug-likeness (QED) is 0.516. The molecule has 0 aliphatic heterocycles. The molecule has 2 N–H and O–H groups in total. The van der Waals surface area contributed by atoms with Gasteiger partial charge in [-0.05, 0) is 13.3 Å². The number of ketones is 1. The molecule has 0 saturated heterocycles.